The molecule has 0 unspecified atom stereocenters. The second-order valence-electron chi connectivity index (χ2n) is 3.66. The molecule has 0 spiro atoms. The van der Waals surface area contributed by atoms with Gasteiger partial charge >= 0.3 is 0 Å². The minimum Gasteiger partial charge on any atom is -0.388 e. The van der Waals surface area contributed by atoms with Crippen LogP contribution in [-0.4, -0.2) is 27.2 Å². The smallest absolute Gasteiger partial charge is 0.222 e. The predicted octanol–water partition coefficient (Wildman–Crippen LogP) is 1.41. The Balaban J connectivity index is 1.88. The second-order valence-corrected chi connectivity index (χ2v) is 4.90. The van der Waals surface area contributed by atoms with Crippen LogP contribution in [0.25, 0.3) is 0 Å². The lowest BCUT2D eigenvalue weighted by Crippen LogP contribution is -2.43. The lowest BCUT2D eigenvalue weighted by atomic mass is 9.80. The summed E-state index contributed by atoms with van der Waals surface area (Å²) < 4.78 is 1.01. The van der Waals surface area contributed by atoms with Crippen LogP contribution in [0, 0.1) is 3.57 Å². The summed E-state index contributed by atoms with van der Waals surface area (Å²) in [6, 6.07) is 0. The third-order valence-electron chi connectivity index (χ3n) is 2.48. The van der Waals surface area contributed by atoms with Crippen molar-refractivity contribution in [3.63, 3.8) is 0 Å². The summed E-state index contributed by atoms with van der Waals surface area (Å²) in [4.78, 5) is 8.20. The molecule has 0 aliphatic heterocycles. The maximum absolute atomic E-state index is 9.81. The first-order valence-corrected chi connectivity index (χ1v) is 5.70. The Kier molecular flexibility index (Phi) is 2.87. The standard InChI is InChI=1S/C9H12IN3O/c10-7-4-11-8(12-5-7)13-6-9(14)2-1-3-9/h4-5,14H,1-3,6H2,(H,11,12,13). The van der Waals surface area contributed by atoms with Crippen molar-refractivity contribution in [2.45, 2.75) is 24.9 Å². The molecule has 14 heavy (non-hydrogen) atoms. The highest BCUT2D eigenvalue weighted by Crippen LogP contribution is 2.31. The van der Waals surface area contributed by atoms with Crippen LogP contribution < -0.4 is 5.32 Å². The third-order valence-corrected chi connectivity index (χ3v) is 3.04. The number of hydrogen-bond donors (Lipinski definition) is 2. The van der Waals surface area contributed by atoms with Crippen LogP contribution in [0.4, 0.5) is 5.95 Å². The molecule has 0 amide bonds. The number of anilines is 1. The van der Waals surface area contributed by atoms with Crippen molar-refractivity contribution >= 4 is 28.5 Å². The molecule has 1 aliphatic rings. The monoisotopic (exact) mass is 305 g/mol. The van der Waals surface area contributed by atoms with Gasteiger partial charge in [-0.15, -0.1) is 0 Å². The fourth-order valence-electron chi connectivity index (χ4n) is 1.41. The molecule has 1 heterocycles. The zero-order valence-electron chi connectivity index (χ0n) is 7.70. The predicted molar refractivity (Wildman–Crippen MR) is 62.0 cm³/mol. The molecule has 1 fully saturated rings. The van der Waals surface area contributed by atoms with Crippen LogP contribution >= 0.6 is 22.6 Å². The van der Waals surface area contributed by atoms with Gasteiger partial charge in [-0.25, -0.2) is 9.97 Å². The molecular weight excluding hydrogens is 293 g/mol. The average molecular weight is 305 g/mol. The molecule has 2 N–H and O–H groups in total. The van der Waals surface area contributed by atoms with Gasteiger partial charge in [-0.3, -0.25) is 0 Å². The van der Waals surface area contributed by atoms with Gasteiger partial charge in [0.05, 0.1) is 5.60 Å². The highest BCUT2D eigenvalue weighted by atomic mass is 127. The van der Waals surface area contributed by atoms with Crippen molar-refractivity contribution in [1.29, 1.82) is 0 Å². The molecule has 76 valence electrons. The van der Waals surface area contributed by atoms with Crippen LogP contribution in [0.2, 0.25) is 0 Å². The number of nitrogens with zero attached hydrogens (tertiary/aromatic N) is 2. The minimum atomic E-state index is -0.521. The summed E-state index contributed by atoms with van der Waals surface area (Å²) in [6.45, 7) is 0.549. The van der Waals surface area contributed by atoms with E-state index in [4.69, 9.17) is 0 Å². The maximum atomic E-state index is 9.81. The topological polar surface area (TPSA) is 58.0 Å². The van der Waals surface area contributed by atoms with E-state index in [1.807, 2.05) is 0 Å². The van der Waals surface area contributed by atoms with Gasteiger partial charge in [0.15, 0.2) is 0 Å². The van der Waals surface area contributed by atoms with Gasteiger partial charge in [0, 0.05) is 22.5 Å². The van der Waals surface area contributed by atoms with Gasteiger partial charge in [-0.2, -0.15) is 0 Å². The fraction of sp³-hybridized carbons (Fsp3) is 0.556. The van der Waals surface area contributed by atoms with Crippen LogP contribution in [0.1, 0.15) is 19.3 Å². The van der Waals surface area contributed by atoms with E-state index in [0.29, 0.717) is 12.5 Å². The second kappa shape index (κ2) is 3.98. The molecule has 0 radical (unpaired) electrons. The summed E-state index contributed by atoms with van der Waals surface area (Å²) in [6.07, 6.45) is 6.38. The van der Waals surface area contributed by atoms with E-state index in [1.54, 1.807) is 12.4 Å². The highest BCUT2D eigenvalue weighted by molar-refractivity contribution is 14.1. The summed E-state index contributed by atoms with van der Waals surface area (Å²) in [5.41, 5.74) is -0.521. The molecule has 0 bridgehead atoms. The zero-order valence-corrected chi connectivity index (χ0v) is 9.86. The molecule has 0 atom stereocenters. The van der Waals surface area contributed by atoms with Crippen molar-refractivity contribution in [2.24, 2.45) is 0 Å². The summed E-state index contributed by atoms with van der Waals surface area (Å²) in [7, 11) is 0. The molecule has 1 saturated carbocycles. The van der Waals surface area contributed by atoms with Crippen molar-refractivity contribution in [3.05, 3.63) is 16.0 Å². The number of rotatable bonds is 3. The van der Waals surface area contributed by atoms with E-state index in [0.717, 1.165) is 22.8 Å². The van der Waals surface area contributed by atoms with Crippen LogP contribution in [0.3, 0.4) is 0 Å². The Hall–Kier alpha value is -0.430. The summed E-state index contributed by atoms with van der Waals surface area (Å²) in [5, 5.41) is 12.8. The van der Waals surface area contributed by atoms with E-state index in [1.165, 1.54) is 0 Å². The zero-order chi connectivity index (χ0) is 10.0. The molecule has 4 nitrogen and oxygen atoms in total. The van der Waals surface area contributed by atoms with Gasteiger partial charge in [-0.1, -0.05) is 0 Å². The number of nitrogens with one attached hydrogen (secondary N) is 1. The molecule has 1 aliphatic carbocycles. The Morgan fingerprint density at radius 1 is 1.43 bits per heavy atom. The van der Waals surface area contributed by atoms with E-state index >= 15 is 0 Å². The molecule has 1 aromatic heterocycles. The van der Waals surface area contributed by atoms with Crippen molar-refractivity contribution in [3.8, 4) is 0 Å². The van der Waals surface area contributed by atoms with E-state index in [2.05, 4.69) is 37.9 Å². The molecular formula is C9H12IN3O. The minimum absolute atomic E-state index is 0.521. The molecule has 0 aromatic carbocycles. The quantitative estimate of drug-likeness (QED) is 0.829. The molecule has 0 saturated heterocycles. The van der Waals surface area contributed by atoms with Crippen molar-refractivity contribution in [1.82, 2.24) is 9.97 Å². The lowest BCUT2D eigenvalue weighted by Gasteiger charge is -2.36. The number of halogens is 1. The SMILES string of the molecule is OC1(CNc2ncc(I)cn2)CCC1. The lowest BCUT2D eigenvalue weighted by molar-refractivity contribution is -0.0203. The number of hydrogen-bond acceptors (Lipinski definition) is 4. The summed E-state index contributed by atoms with van der Waals surface area (Å²) >= 11 is 2.16. The van der Waals surface area contributed by atoms with Gasteiger partial charge in [0.1, 0.15) is 0 Å². The summed E-state index contributed by atoms with van der Waals surface area (Å²) in [5.74, 6) is 0.589. The Morgan fingerprint density at radius 2 is 2.07 bits per heavy atom. The van der Waals surface area contributed by atoms with Crippen LogP contribution in [0.15, 0.2) is 12.4 Å². The Labute approximate surface area is 96.3 Å². The van der Waals surface area contributed by atoms with E-state index in [9.17, 15) is 5.11 Å². The molecule has 1 aromatic rings. The first-order chi connectivity index (χ1) is 6.68. The molecule has 2 rings (SSSR count). The normalized spacial score (nSPS) is 18.7. The largest absolute Gasteiger partial charge is 0.388 e. The van der Waals surface area contributed by atoms with Crippen LogP contribution in [0.5, 0.6) is 0 Å². The Bertz CT molecular complexity index is 310. The Morgan fingerprint density at radius 3 is 2.57 bits per heavy atom. The van der Waals surface area contributed by atoms with Crippen LogP contribution in [-0.2, 0) is 0 Å². The van der Waals surface area contributed by atoms with E-state index in [-0.39, 0.29) is 0 Å². The first-order valence-electron chi connectivity index (χ1n) is 4.62. The highest BCUT2D eigenvalue weighted by Gasteiger charge is 2.34. The third kappa shape index (κ3) is 2.33. The number of aromatic nitrogens is 2. The van der Waals surface area contributed by atoms with Gasteiger partial charge in [0.2, 0.25) is 5.95 Å². The number of aliphatic hydroxyl groups is 1. The van der Waals surface area contributed by atoms with E-state index < -0.39 is 5.60 Å². The fourth-order valence-corrected chi connectivity index (χ4v) is 1.69. The molecule has 5 heteroatoms. The van der Waals surface area contributed by atoms with Gasteiger partial charge in [0.25, 0.3) is 0 Å². The van der Waals surface area contributed by atoms with Crippen molar-refractivity contribution < 1.29 is 5.11 Å². The van der Waals surface area contributed by atoms with Gasteiger partial charge < -0.3 is 10.4 Å². The first kappa shape index (κ1) is 10.1. The van der Waals surface area contributed by atoms with Gasteiger partial charge in [-0.05, 0) is 41.9 Å². The van der Waals surface area contributed by atoms with Crippen molar-refractivity contribution in [2.75, 3.05) is 11.9 Å². The average Bonchev–Trinajstić information content (AvgIpc) is 2.14. The maximum Gasteiger partial charge on any atom is 0.222 e.